The molecule has 5 rings (SSSR count). The molecule has 0 radical (unpaired) electrons. The van der Waals surface area contributed by atoms with Gasteiger partial charge in [0.1, 0.15) is 25.4 Å². The Morgan fingerprint density at radius 3 is 2.78 bits per heavy atom. The summed E-state index contributed by atoms with van der Waals surface area (Å²) in [5, 5.41) is 15.4. The van der Waals surface area contributed by atoms with Crippen LogP contribution in [0.2, 0.25) is 0 Å². The Bertz CT molecular complexity index is 1270. The van der Waals surface area contributed by atoms with E-state index in [9.17, 15) is 10.0 Å². The third-order valence-corrected chi connectivity index (χ3v) is 7.20. The lowest BCUT2D eigenvalue weighted by Crippen LogP contribution is -2.58. The number of aromatic nitrogens is 1. The van der Waals surface area contributed by atoms with Gasteiger partial charge in [0, 0.05) is 34.3 Å². The largest absolute Gasteiger partial charge is 0.494 e. The quantitative estimate of drug-likeness (QED) is 0.318. The van der Waals surface area contributed by atoms with Gasteiger partial charge in [-0.25, -0.2) is 5.21 Å². The van der Waals surface area contributed by atoms with Gasteiger partial charge in [-0.15, -0.1) is 11.3 Å². The summed E-state index contributed by atoms with van der Waals surface area (Å²) in [5.74, 6) is 0.753. The number of fused-ring (bicyclic) bond motifs is 2. The molecule has 0 aliphatic carbocycles. The van der Waals surface area contributed by atoms with Crippen molar-refractivity contribution >= 4 is 38.0 Å². The molecule has 7 heteroatoms. The van der Waals surface area contributed by atoms with Gasteiger partial charge in [0.2, 0.25) is 5.56 Å². The summed E-state index contributed by atoms with van der Waals surface area (Å²) in [5.41, 5.74) is 1.95. The molecule has 4 aromatic rings. The molecule has 6 nitrogen and oxygen atoms in total. The van der Waals surface area contributed by atoms with Crippen molar-refractivity contribution in [1.29, 1.82) is 0 Å². The second kappa shape index (κ2) is 8.94. The predicted molar refractivity (Wildman–Crippen MR) is 130 cm³/mol. The molecular formula is C25H28N3O3S+. The molecule has 1 aliphatic rings. The van der Waals surface area contributed by atoms with Crippen LogP contribution in [0.25, 0.3) is 21.0 Å². The number of pyridine rings is 1. The van der Waals surface area contributed by atoms with Crippen molar-refractivity contribution in [3.63, 3.8) is 0 Å². The zero-order chi connectivity index (χ0) is 22.0. The Hall–Kier alpha value is -2.87. The minimum absolute atomic E-state index is 0.112. The smallest absolute Gasteiger partial charge is 0.248 e. The summed E-state index contributed by atoms with van der Waals surface area (Å²) < 4.78 is 7.31. The number of nitrogens with one attached hydrogen (secondary N) is 1. The van der Waals surface area contributed by atoms with Gasteiger partial charge < -0.3 is 14.6 Å². The van der Waals surface area contributed by atoms with Crippen LogP contribution in [-0.2, 0) is 0 Å². The number of aromatic amines is 1. The molecule has 2 N–H and O–H groups in total. The first-order valence-corrected chi connectivity index (χ1v) is 12.0. The molecule has 0 bridgehead atoms. The molecular weight excluding hydrogens is 422 g/mol. The highest BCUT2D eigenvalue weighted by Crippen LogP contribution is 2.31. The fourth-order valence-electron chi connectivity index (χ4n) is 4.47. The highest BCUT2D eigenvalue weighted by molar-refractivity contribution is 7.17. The first-order valence-electron chi connectivity index (χ1n) is 11.2. The lowest BCUT2D eigenvalue weighted by molar-refractivity contribution is -1.10. The number of rotatable bonds is 7. The second-order valence-electron chi connectivity index (χ2n) is 8.49. The predicted octanol–water partition coefficient (Wildman–Crippen LogP) is 4.63. The Labute approximate surface area is 190 Å². The monoisotopic (exact) mass is 450 g/mol. The van der Waals surface area contributed by atoms with E-state index in [1.165, 1.54) is 21.8 Å². The summed E-state index contributed by atoms with van der Waals surface area (Å²) in [6.07, 6.45) is 1.78. The van der Waals surface area contributed by atoms with E-state index >= 15 is 0 Å². The Kier molecular flexibility index (Phi) is 5.87. The van der Waals surface area contributed by atoms with E-state index in [1.807, 2.05) is 24.3 Å². The van der Waals surface area contributed by atoms with Crippen LogP contribution in [0.1, 0.15) is 12.8 Å². The lowest BCUT2D eigenvalue weighted by atomic mass is 10.1. The summed E-state index contributed by atoms with van der Waals surface area (Å²) in [7, 11) is 0. The molecule has 1 saturated heterocycles. The molecule has 166 valence electrons. The van der Waals surface area contributed by atoms with Gasteiger partial charge in [-0.2, -0.15) is 4.65 Å². The Balaban J connectivity index is 1.09. The first kappa shape index (κ1) is 21.0. The van der Waals surface area contributed by atoms with E-state index in [4.69, 9.17) is 4.74 Å². The molecule has 0 unspecified atom stereocenters. The zero-order valence-corrected chi connectivity index (χ0v) is 18.8. The number of nitrogens with zero attached hydrogens (tertiary/aromatic N) is 2. The number of hydrogen-bond donors (Lipinski definition) is 2. The number of hydroxylamine groups is 3. The van der Waals surface area contributed by atoms with Crippen molar-refractivity contribution < 1.29 is 14.6 Å². The molecule has 0 saturated carbocycles. The molecule has 32 heavy (non-hydrogen) atoms. The summed E-state index contributed by atoms with van der Waals surface area (Å²) in [6, 6.07) is 17.7. The molecule has 3 heterocycles. The number of thiophene rings is 1. The SMILES string of the molecule is O=c1ccc2ccc(OCCCC[N+]3(O)CCN(c4cccc5sccc45)CC3)cc2[nH]1. The normalized spacial score (nSPS) is 16.0. The number of unbranched alkanes of at least 4 members (excludes halogenated alkanes) is 1. The maximum absolute atomic E-state index is 11.5. The van der Waals surface area contributed by atoms with Crippen LogP contribution in [0, 0.1) is 0 Å². The van der Waals surface area contributed by atoms with Crippen molar-refractivity contribution in [2.24, 2.45) is 0 Å². The number of ether oxygens (including phenoxy) is 1. The summed E-state index contributed by atoms with van der Waals surface area (Å²) in [6.45, 7) is 4.52. The molecule has 2 aromatic carbocycles. The van der Waals surface area contributed by atoms with Gasteiger partial charge in [-0.05, 0) is 53.6 Å². The van der Waals surface area contributed by atoms with Gasteiger partial charge in [0.25, 0.3) is 0 Å². The van der Waals surface area contributed by atoms with Gasteiger partial charge in [-0.1, -0.05) is 6.07 Å². The fraction of sp³-hybridized carbons (Fsp3) is 0.320. The molecule has 0 spiro atoms. The Morgan fingerprint density at radius 2 is 1.91 bits per heavy atom. The number of hydrogen-bond acceptors (Lipinski definition) is 5. The van der Waals surface area contributed by atoms with E-state index in [0.29, 0.717) is 6.61 Å². The number of H-pyrrole nitrogens is 1. The van der Waals surface area contributed by atoms with Gasteiger partial charge in [0.05, 0.1) is 25.2 Å². The van der Waals surface area contributed by atoms with Gasteiger partial charge in [0.15, 0.2) is 0 Å². The minimum atomic E-state index is -0.112. The first-order chi connectivity index (χ1) is 15.6. The summed E-state index contributed by atoms with van der Waals surface area (Å²) in [4.78, 5) is 16.7. The average molecular weight is 451 g/mol. The van der Waals surface area contributed by atoms with Crippen molar-refractivity contribution in [2.45, 2.75) is 12.8 Å². The van der Waals surface area contributed by atoms with Crippen LogP contribution in [0.4, 0.5) is 5.69 Å². The molecule has 1 aliphatic heterocycles. The van der Waals surface area contributed by atoms with Crippen LogP contribution in [-0.4, -0.2) is 54.2 Å². The van der Waals surface area contributed by atoms with Crippen LogP contribution in [0.3, 0.4) is 0 Å². The highest BCUT2D eigenvalue weighted by atomic mass is 32.1. The maximum atomic E-state index is 11.5. The third kappa shape index (κ3) is 4.50. The Morgan fingerprint density at radius 1 is 1.06 bits per heavy atom. The van der Waals surface area contributed by atoms with Crippen molar-refractivity contribution in [3.05, 3.63) is 70.3 Å². The fourth-order valence-corrected chi connectivity index (χ4v) is 5.28. The topological polar surface area (TPSA) is 65.6 Å². The van der Waals surface area contributed by atoms with Crippen LogP contribution >= 0.6 is 11.3 Å². The minimum Gasteiger partial charge on any atom is -0.494 e. The number of anilines is 1. The van der Waals surface area contributed by atoms with E-state index in [-0.39, 0.29) is 10.2 Å². The van der Waals surface area contributed by atoms with Crippen LogP contribution in [0.15, 0.2) is 64.8 Å². The number of piperazine rings is 1. The van der Waals surface area contributed by atoms with Crippen molar-refractivity contribution in [3.8, 4) is 5.75 Å². The van der Waals surface area contributed by atoms with E-state index in [0.717, 1.165) is 62.2 Å². The number of quaternary nitrogens is 1. The van der Waals surface area contributed by atoms with Crippen molar-refractivity contribution in [2.75, 3.05) is 44.2 Å². The number of benzene rings is 2. The van der Waals surface area contributed by atoms with E-state index in [1.54, 1.807) is 11.3 Å². The van der Waals surface area contributed by atoms with E-state index < -0.39 is 0 Å². The molecule has 1 fully saturated rings. The van der Waals surface area contributed by atoms with Crippen LogP contribution < -0.4 is 15.2 Å². The zero-order valence-electron chi connectivity index (χ0n) is 18.0. The van der Waals surface area contributed by atoms with Gasteiger partial charge >= 0.3 is 0 Å². The van der Waals surface area contributed by atoms with Gasteiger partial charge in [-0.3, -0.25) is 4.79 Å². The maximum Gasteiger partial charge on any atom is 0.248 e. The lowest BCUT2D eigenvalue weighted by Gasteiger charge is -2.39. The highest BCUT2D eigenvalue weighted by Gasteiger charge is 2.32. The van der Waals surface area contributed by atoms with Crippen molar-refractivity contribution in [1.82, 2.24) is 4.98 Å². The van der Waals surface area contributed by atoms with Crippen LogP contribution in [0.5, 0.6) is 5.75 Å². The molecule has 0 amide bonds. The summed E-state index contributed by atoms with van der Waals surface area (Å²) >= 11 is 1.77. The van der Waals surface area contributed by atoms with E-state index in [2.05, 4.69) is 39.5 Å². The standard InChI is InChI=1S/C25H27N3O3S/c29-25-9-7-19-6-8-20(18-22(19)26-25)31-16-2-1-13-28(30)14-11-27(12-15-28)23-4-3-5-24-21(23)10-17-32-24/h3-10,17-18,30H,1-2,11-16H2/p+1. The molecule has 0 atom stereocenters. The average Bonchev–Trinajstić information content (AvgIpc) is 3.28. The second-order valence-corrected chi connectivity index (χ2v) is 9.44. The molecule has 2 aromatic heterocycles. The third-order valence-electron chi connectivity index (χ3n) is 6.32.